The molecule has 380 valence electrons. The van der Waals surface area contributed by atoms with Crippen molar-refractivity contribution in [2.75, 3.05) is 13.2 Å². The molecule has 0 rings (SSSR count). The van der Waals surface area contributed by atoms with Gasteiger partial charge in [0.25, 0.3) is 0 Å². The molecule has 0 fully saturated rings. The first-order chi connectivity index (χ1) is 33.0. The van der Waals surface area contributed by atoms with Gasteiger partial charge in [-0.25, -0.2) is 0 Å². The van der Waals surface area contributed by atoms with Crippen molar-refractivity contribution >= 4 is 17.9 Å². The Morgan fingerprint density at radius 1 is 0.313 bits per heavy atom. The van der Waals surface area contributed by atoms with Gasteiger partial charge in [-0.2, -0.15) is 0 Å². The number of carbonyl (C=O) groups excluding carboxylic acids is 3. The predicted octanol–water partition coefficient (Wildman–Crippen LogP) is 18.3. The highest BCUT2D eigenvalue weighted by Gasteiger charge is 2.19. The smallest absolute Gasteiger partial charge is 0.306 e. The van der Waals surface area contributed by atoms with Gasteiger partial charge in [0.2, 0.25) is 0 Å². The van der Waals surface area contributed by atoms with Crippen molar-refractivity contribution in [3.05, 3.63) is 109 Å². The summed E-state index contributed by atoms with van der Waals surface area (Å²) in [6.07, 6.45) is 73.6. The van der Waals surface area contributed by atoms with E-state index in [1.807, 2.05) is 0 Å². The van der Waals surface area contributed by atoms with Crippen LogP contribution in [0.3, 0.4) is 0 Å². The van der Waals surface area contributed by atoms with E-state index in [4.69, 9.17) is 14.2 Å². The summed E-state index contributed by atoms with van der Waals surface area (Å²) in [4.78, 5) is 38.1. The molecule has 0 amide bonds. The van der Waals surface area contributed by atoms with Crippen molar-refractivity contribution < 1.29 is 28.6 Å². The van der Waals surface area contributed by atoms with E-state index in [1.165, 1.54) is 64.2 Å². The van der Waals surface area contributed by atoms with E-state index < -0.39 is 6.10 Å². The summed E-state index contributed by atoms with van der Waals surface area (Å²) in [5.41, 5.74) is 0. The van der Waals surface area contributed by atoms with Gasteiger partial charge in [-0.15, -0.1) is 0 Å². The number of carbonyl (C=O) groups is 3. The molecule has 0 aromatic rings. The minimum absolute atomic E-state index is 0.0969. The largest absolute Gasteiger partial charge is 0.462 e. The lowest BCUT2D eigenvalue weighted by Gasteiger charge is -2.18. The van der Waals surface area contributed by atoms with Crippen LogP contribution in [0.15, 0.2) is 109 Å². The third-order valence-electron chi connectivity index (χ3n) is 11.2. The highest BCUT2D eigenvalue weighted by atomic mass is 16.6. The lowest BCUT2D eigenvalue weighted by molar-refractivity contribution is -0.167. The first-order valence-electron chi connectivity index (χ1n) is 27.4. The van der Waals surface area contributed by atoms with Gasteiger partial charge in [0.15, 0.2) is 6.10 Å². The molecule has 6 heteroatoms. The van der Waals surface area contributed by atoms with Crippen LogP contribution in [0.25, 0.3) is 0 Å². The minimum Gasteiger partial charge on any atom is -0.462 e. The van der Waals surface area contributed by atoms with Crippen molar-refractivity contribution in [3.8, 4) is 0 Å². The summed E-state index contributed by atoms with van der Waals surface area (Å²) in [5.74, 6) is -0.947. The van der Waals surface area contributed by atoms with Crippen molar-refractivity contribution in [2.45, 2.75) is 245 Å². The molecule has 0 heterocycles. The molecule has 0 N–H and O–H groups in total. The third-order valence-corrected chi connectivity index (χ3v) is 11.2. The highest BCUT2D eigenvalue weighted by molar-refractivity contribution is 5.71. The second-order valence-corrected chi connectivity index (χ2v) is 17.7. The molecule has 1 atom stereocenters. The molecule has 67 heavy (non-hydrogen) atoms. The lowest BCUT2D eigenvalue weighted by Crippen LogP contribution is -2.30. The van der Waals surface area contributed by atoms with Gasteiger partial charge >= 0.3 is 17.9 Å². The zero-order valence-electron chi connectivity index (χ0n) is 43.4. The molecular formula is C61H100O6. The van der Waals surface area contributed by atoms with E-state index in [9.17, 15) is 14.4 Å². The Labute approximate surface area is 412 Å². The molecule has 1 unspecified atom stereocenters. The second-order valence-electron chi connectivity index (χ2n) is 17.7. The first-order valence-corrected chi connectivity index (χ1v) is 27.4. The van der Waals surface area contributed by atoms with Crippen LogP contribution >= 0.6 is 0 Å². The van der Waals surface area contributed by atoms with Gasteiger partial charge in [0.1, 0.15) is 13.2 Å². The van der Waals surface area contributed by atoms with Gasteiger partial charge in [0, 0.05) is 19.3 Å². The summed E-state index contributed by atoms with van der Waals surface area (Å²) < 4.78 is 16.8. The van der Waals surface area contributed by atoms with Crippen LogP contribution in [0, 0.1) is 0 Å². The van der Waals surface area contributed by atoms with E-state index >= 15 is 0 Å². The van der Waals surface area contributed by atoms with E-state index in [-0.39, 0.29) is 31.1 Å². The van der Waals surface area contributed by atoms with Gasteiger partial charge in [-0.3, -0.25) is 14.4 Å². The van der Waals surface area contributed by atoms with Crippen LogP contribution in [0.5, 0.6) is 0 Å². The maximum absolute atomic E-state index is 12.8. The SMILES string of the molecule is CC/C=C\C/C=C\C/C=C\C/C=C\C/C=C\CCCCCC(=O)OCC(COC(=O)CCCCCCC/C=C\CCCC)OC(=O)CCCCCCCCCCC/C=C\C/C=C\C/C=C\CC. The number of hydrogen-bond acceptors (Lipinski definition) is 6. The number of unbranched alkanes of at least 4 members (excludes halogenated alkanes) is 19. The molecule has 0 saturated carbocycles. The van der Waals surface area contributed by atoms with Gasteiger partial charge < -0.3 is 14.2 Å². The average molecular weight is 929 g/mol. The molecule has 0 aromatic heterocycles. The number of allylic oxidation sites excluding steroid dienone is 18. The number of ether oxygens (including phenoxy) is 3. The monoisotopic (exact) mass is 929 g/mol. The summed E-state index contributed by atoms with van der Waals surface area (Å²) in [6, 6.07) is 0. The Morgan fingerprint density at radius 2 is 0.582 bits per heavy atom. The van der Waals surface area contributed by atoms with Gasteiger partial charge in [-0.05, 0) is 116 Å². The highest BCUT2D eigenvalue weighted by Crippen LogP contribution is 2.14. The fraction of sp³-hybridized carbons (Fsp3) is 0.656. The Morgan fingerprint density at radius 3 is 0.940 bits per heavy atom. The van der Waals surface area contributed by atoms with Crippen LogP contribution in [-0.4, -0.2) is 37.2 Å². The molecular weight excluding hydrogens is 829 g/mol. The van der Waals surface area contributed by atoms with Crippen LogP contribution in [0.1, 0.15) is 239 Å². The molecule has 0 aliphatic heterocycles. The van der Waals surface area contributed by atoms with Crippen molar-refractivity contribution in [1.82, 2.24) is 0 Å². The van der Waals surface area contributed by atoms with E-state index in [1.54, 1.807) is 0 Å². The van der Waals surface area contributed by atoms with E-state index in [2.05, 4.69) is 130 Å². The number of esters is 3. The Bertz CT molecular complexity index is 1390. The lowest BCUT2D eigenvalue weighted by atomic mass is 10.1. The van der Waals surface area contributed by atoms with Crippen molar-refractivity contribution in [1.29, 1.82) is 0 Å². The standard InChI is InChI=1S/C61H100O6/c1-4-7-10-13-16-19-22-24-26-28-30-32-34-36-39-42-45-48-51-54-60(63)66-57-58(56-65-59(62)53-50-47-44-41-38-21-18-15-12-9-6-3)67-61(64)55-52-49-46-43-40-37-35-33-31-29-27-25-23-20-17-14-11-8-5-2/h7-8,10-11,15-20,24-27,30,32,36,39,58H,4-6,9,12-14,21-23,28-29,31,33-35,37-38,40-57H2,1-3H3/b10-7-,11-8-,18-15-,19-16-,20-17-,26-24-,27-25-,32-30-,39-36-. The van der Waals surface area contributed by atoms with Crippen LogP contribution < -0.4 is 0 Å². The molecule has 0 aromatic carbocycles. The van der Waals surface area contributed by atoms with E-state index in [0.717, 1.165) is 135 Å². The van der Waals surface area contributed by atoms with Crippen LogP contribution in [-0.2, 0) is 28.6 Å². The van der Waals surface area contributed by atoms with Gasteiger partial charge in [0.05, 0.1) is 0 Å². The Kier molecular flexibility index (Phi) is 51.5. The Hall–Kier alpha value is -3.93. The zero-order valence-corrected chi connectivity index (χ0v) is 43.4. The van der Waals surface area contributed by atoms with Crippen LogP contribution in [0.2, 0.25) is 0 Å². The normalized spacial score (nSPS) is 12.9. The minimum atomic E-state index is -0.800. The van der Waals surface area contributed by atoms with Gasteiger partial charge in [-0.1, -0.05) is 214 Å². The first kappa shape index (κ1) is 63.1. The summed E-state index contributed by atoms with van der Waals surface area (Å²) in [6.45, 7) is 6.33. The summed E-state index contributed by atoms with van der Waals surface area (Å²) in [7, 11) is 0. The van der Waals surface area contributed by atoms with Crippen LogP contribution in [0.4, 0.5) is 0 Å². The molecule has 0 spiro atoms. The fourth-order valence-corrected chi connectivity index (χ4v) is 7.17. The number of rotatable bonds is 48. The maximum atomic E-state index is 12.8. The summed E-state index contributed by atoms with van der Waals surface area (Å²) in [5, 5.41) is 0. The molecule has 0 aliphatic rings. The Balaban J connectivity index is 4.43. The molecule has 0 aliphatic carbocycles. The third kappa shape index (κ3) is 52.9. The predicted molar refractivity (Wildman–Crippen MR) is 288 cm³/mol. The summed E-state index contributed by atoms with van der Waals surface area (Å²) >= 11 is 0. The second kappa shape index (κ2) is 54.7. The molecule has 6 nitrogen and oxygen atoms in total. The van der Waals surface area contributed by atoms with Crippen molar-refractivity contribution in [2.24, 2.45) is 0 Å². The van der Waals surface area contributed by atoms with E-state index in [0.29, 0.717) is 19.3 Å². The average Bonchev–Trinajstić information content (AvgIpc) is 3.33. The fourth-order valence-electron chi connectivity index (χ4n) is 7.17. The topological polar surface area (TPSA) is 78.9 Å². The maximum Gasteiger partial charge on any atom is 0.306 e. The number of hydrogen-bond donors (Lipinski definition) is 0. The molecule has 0 saturated heterocycles. The molecule has 0 radical (unpaired) electrons. The quantitative estimate of drug-likeness (QED) is 0.0262. The molecule has 0 bridgehead atoms. The zero-order chi connectivity index (χ0) is 48.6. The van der Waals surface area contributed by atoms with Crippen molar-refractivity contribution in [3.63, 3.8) is 0 Å².